The molecule has 2 nitrogen and oxygen atoms in total. The van der Waals surface area contributed by atoms with E-state index in [2.05, 4.69) is 0 Å². The van der Waals surface area contributed by atoms with E-state index in [4.69, 9.17) is 10.4 Å². The van der Waals surface area contributed by atoms with Crippen LogP contribution in [0.1, 0.15) is 17.9 Å². The standard InChI is InChI=1S/C11H5F8NO/c12-6-5(7(13)9(15)10(16)8(6)14)3(2-20)1-4(21)11(17,18)19/h3-4,21H,1H2/t3?,4-/m0/s1. The Morgan fingerprint density at radius 1 is 0.905 bits per heavy atom. The van der Waals surface area contributed by atoms with E-state index in [1.54, 1.807) is 0 Å². The summed E-state index contributed by atoms with van der Waals surface area (Å²) in [5.41, 5.74) is -1.71. The van der Waals surface area contributed by atoms with Crippen molar-refractivity contribution >= 4 is 0 Å². The average molecular weight is 319 g/mol. The maximum atomic E-state index is 13.4. The number of halogens is 8. The summed E-state index contributed by atoms with van der Waals surface area (Å²) in [5, 5.41) is 17.3. The SMILES string of the molecule is N#CC(C[C@H](O)C(F)(F)F)c1c(F)c(F)c(F)c(F)c1F. The van der Waals surface area contributed by atoms with Crippen LogP contribution in [0.5, 0.6) is 0 Å². The molecule has 0 spiro atoms. The Labute approximate surface area is 112 Å². The highest BCUT2D eigenvalue weighted by Crippen LogP contribution is 2.34. The quantitative estimate of drug-likeness (QED) is 0.528. The molecule has 0 fully saturated rings. The Bertz CT molecular complexity index is 562. The van der Waals surface area contributed by atoms with Crippen molar-refractivity contribution in [2.75, 3.05) is 0 Å². The summed E-state index contributed by atoms with van der Waals surface area (Å²) in [7, 11) is 0. The molecule has 0 aliphatic heterocycles. The molecule has 2 atom stereocenters. The molecule has 1 aromatic rings. The third-order valence-electron chi connectivity index (χ3n) is 2.58. The molecule has 0 saturated heterocycles. The lowest BCUT2D eigenvalue weighted by molar-refractivity contribution is -0.205. The summed E-state index contributed by atoms with van der Waals surface area (Å²) in [6.45, 7) is 0. The zero-order valence-corrected chi connectivity index (χ0v) is 9.78. The Balaban J connectivity index is 3.35. The Kier molecular flexibility index (Phi) is 4.78. The zero-order valence-electron chi connectivity index (χ0n) is 9.78. The molecule has 0 aliphatic rings. The van der Waals surface area contributed by atoms with Gasteiger partial charge in [-0.3, -0.25) is 0 Å². The number of alkyl halides is 3. The molecule has 0 radical (unpaired) electrons. The third-order valence-corrected chi connectivity index (χ3v) is 2.58. The molecular formula is C11H5F8NO. The van der Waals surface area contributed by atoms with Gasteiger partial charge in [0.25, 0.3) is 0 Å². The van der Waals surface area contributed by atoms with E-state index in [1.165, 1.54) is 0 Å². The second kappa shape index (κ2) is 5.85. The average Bonchev–Trinajstić information content (AvgIpc) is 2.40. The highest BCUT2D eigenvalue weighted by atomic mass is 19.4. The van der Waals surface area contributed by atoms with Crippen molar-refractivity contribution in [3.8, 4) is 6.07 Å². The Morgan fingerprint density at radius 2 is 1.29 bits per heavy atom. The van der Waals surface area contributed by atoms with E-state index >= 15 is 0 Å². The number of benzene rings is 1. The summed E-state index contributed by atoms with van der Waals surface area (Å²) >= 11 is 0. The van der Waals surface area contributed by atoms with E-state index in [9.17, 15) is 35.1 Å². The molecule has 0 heterocycles. The molecule has 1 N–H and O–H groups in total. The maximum Gasteiger partial charge on any atom is 0.414 e. The lowest BCUT2D eigenvalue weighted by atomic mass is 9.92. The van der Waals surface area contributed by atoms with Crippen molar-refractivity contribution in [3.05, 3.63) is 34.6 Å². The lowest BCUT2D eigenvalue weighted by Gasteiger charge is -2.18. The van der Waals surface area contributed by atoms with Gasteiger partial charge in [-0.1, -0.05) is 0 Å². The number of nitrogens with zero attached hydrogens (tertiary/aromatic N) is 1. The summed E-state index contributed by atoms with van der Waals surface area (Å²) in [6.07, 6.45) is -9.94. The normalized spacial score (nSPS) is 14.7. The summed E-state index contributed by atoms with van der Waals surface area (Å²) in [5.74, 6) is -14.5. The van der Waals surface area contributed by atoms with Gasteiger partial charge in [0.1, 0.15) is 0 Å². The molecule has 21 heavy (non-hydrogen) atoms. The van der Waals surface area contributed by atoms with Gasteiger partial charge in [-0.15, -0.1) is 0 Å². The summed E-state index contributed by atoms with van der Waals surface area (Å²) in [4.78, 5) is 0. The third kappa shape index (κ3) is 3.24. The van der Waals surface area contributed by atoms with Crippen LogP contribution in [0.4, 0.5) is 35.1 Å². The van der Waals surface area contributed by atoms with Crippen LogP contribution in [0.15, 0.2) is 0 Å². The van der Waals surface area contributed by atoms with Crippen molar-refractivity contribution < 1.29 is 40.2 Å². The first-order valence-corrected chi connectivity index (χ1v) is 5.18. The van der Waals surface area contributed by atoms with Gasteiger partial charge in [-0.25, -0.2) is 22.0 Å². The molecule has 0 saturated carbocycles. The highest BCUT2D eigenvalue weighted by molar-refractivity contribution is 5.31. The van der Waals surface area contributed by atoms with Crippen molar-refractivity contribution in [1.29, 1.82) is 5.26 Å². The van der Waals surface area contributed by atoms with Crippen LogP contribution in [0.2, 0.25) is 0 Å². The molecule has 0 aromatic heterocycles. The van der Waals surface area contributed by atoms with E-state index < -0.39 is 59.3 Å². The second-order valence-electron chi connectivity index (χ2n) is 3.96. The van der Waals surface area contributed by atoms with Gasteiger partial charge in [0.15, 0.2) is 29.4 Å². The van der Waals surface area contributed by atoms with Gasteiger partial charge in [0.2, 0.25) is 5.82 Å². The molecule has 1 rings (SSSR count). The van der Waals surface area contributed by atoms with Crippen molar-refractivity contribution in [2.45, 2.75) is 24.6 Å². The van der Waals surface area contributed by atoms with Gasteiger partial charge in [-0.05, 0) is 0 Å². The fourth-order valence-corrected chi connectivity index (χ4v) is 1.52. The highest BCUT2D eigenvalue weighted by Gasteiger charge is 2.41. The molecule has 0 bridgehead atoms. The van der Waals surface area contributed by atoms with Crippen LogP contribution < -0.4 is 0 Å². The van der Waals surface area contributed by atoms with E-state index in [1.807, 2.05) is 0 Å². The van der Waals surface area contributed by atoms with Gasteiger partial charge >= 0.3 is 6.18 Å². The first-order valence-electron chi connectivity index (χ1n) is 5.18. The predicted molar refractivity (Wildman–Crippen MR) is 51.3 cm³/mol. The second-order valence-corrected chi connectivity index (χ2v) is 3.96. The molecule has 116 valence electrons. The topological polar surface area (TPSA) is 44.0 Å². The number of aliphatic hydroxyl groups excluding tert-OH is 1. The smallest absolute Gasteiger partial charge is 0.384 e. The fourth-order valence-electron chi connectivity index (χ4n) is 1.52. The van der Waals surface area contributed by atoms with E-state index in [-0.39, 0.29) is 0 Å². The summed E-state index contributed by atoms with van der Waals surface area (Å²) < 4.78 is 102. The zero-order chi connectivity index (χ0) is 16.5. The molecule has 1 aromatic carbocycles. The van der Waals surface area contributed by atoms with Crippen LogP contribution in [-0.4, -0.2) is 17.4 Å². The number of hydrogen-bond acceptors (Lipinski definition) is 2. The number of hydrogen-bond donors (Lipinski definition) is 1. The monoisotopic (exact) mass is 319 g/mol. The van der Waals surface area contributed by atoms with Crippen molar-refractivity contribution in [2.24, 2.45) is 0 Å². The van der Waals surface area contributed by atoms with Crippen molar-refractivity contribution in [1.82, 2.24) is 0 Å². The fraction of sp³-hybridized carbons (Fsp3) is 0.364. The first-order chi connectivity index (χ1) is 9.52. The predicted octanol–water partition coefficient (Wildman–Crippen LogP) is 3.30. The number of nitriles is 1. The van der Waals surface area contributed by atoms with Crippen LogP contribution in [-0.2, 0) is 0 Å². The van der Waals surface area contributed by atoms with Gasteiger partial charge in [0.05, 0.1) is 12.0 Å². The van der Waals surface area contributed by atoms with Crippen LogP contribution >= 0.6 is 0 Å². The minimum Gasteiger partial charge on any atom is -0.384 e. The maximum absolute atomic E-state index is 13.4. The number of rotatable bonds is 3. The minimum atomic E-state index is -5.21. The van der Waals surface area contributed by atoms with Crippen LogP contribution in [0, 0.1) is 40.4 Å². The first kappa shape index (κ1) is 17.2. The number of aliphatic hydroxyl groups is 1. The molecular weight excluding hydrogens is 314 g/mol. The Hall–Kier alpha value is -1.89. The summed E-state index contributed by atoms with van der Waals surface area (Å²) in [6, 6.07) is 0.981. The molecule has 0 aliphatic carbocycles. The van der Waals surface area contributed by atoms with Crippen LogP contribution in [0.3, 0.4) is 0 Å². The van der Waals surface area contributed by atoms with E-state index in [0.29, 0.717) is 0 Å². The van der Waals surface area contributed by atoms with Gasteiger partial charge in [0, 0.05) is 12.0 Å². The lowest BCUT2D eigenvalue weighted by Crippen LogP contribution is -2.30. The van der Waals surface area contributed by atoms with Crippen LogP contribution in [0.25, 0.3) is 0 Å². The van der Waals surface area contributed by atoms with Gasteiger partial charge < -0.3 is 5.11 Å². The molecule has 1 unspecified atom stereocenters. The molecule has 10 heteroatoms. The van der Waals surface area contributed by atoms with Crippen molar-refractivity contribution in [3.63, 3.8) is 0 Å². The molecule has 0 amide bonds. The van der Waals surface area contributed by atoms with E-state index in [0.717, 1.165) is 6.07 Å². The van der Waals surface area contributed by atoms with Gasteiger partial charge in [-0.2, -0.15) is 18.4 Å². The largest absolute Gasteiger partial charge is 0.414 e. The minimum absolute atomic E-state index is 0.981. The Morgan fingerprint density at radius 3 is 1.62 bits per heavy atom.